The van der Waals surface area contributed by atoms with Crippen molar-refractivity contribution >= 4 is 11.9 Å². The summed E-state index contributed by atoms with van der Waals surface area (Å²) in [6, 6.07) is -0.550. The highest BCUT2D eigenvalue weighted by atomic mass is 16.5. The van der Waals surface area contributed by atoms with Gasteiger partial charge < -0.3 is 15.2 Å². The van der Waals surface area contributed by atoms with Gasteiger partial charge in [0.1, 0.15) is 5.41 Å². The molecule has 0 saturated carbocycles. The first-order chi connectivity index (χ1) is 8.86. The molecule has 1 saturated heterocycles. The summed E-state index contributed by atoms with van der Waals surface area (Å²) in [6.07, 6.45) is 0. The summed E-state index contributed by atoms with van der Waals surface area (Å²) in [6.45, 7) is 5.33. The molecule has 0 spiro atoms. The second-order valence-corrected chi connectivity index (χ2v) is 5.07. The van der Waals surface area contributed by atoms with Crippen LogP contribution in [-0.4, -0.2) is 46.4 Å². The second kappa shape index (κ2) is 4.65. The minimum absolute atomic E-state index is 0.0939. The average Bonchev–Trinajstić information content (AvgIpc) is 2.85. The normalized spacial score (nSPS) is 26.4. The predicted molar refractivity (Wildman–Crippen MR) is 65.9 cm³/mol. The van der Waals surface area contributed by atoms with E-state index in [1.54, 1.807) is 20.8 Å². The Kier molecular flexibility index (Phi) is 3.32. The average molecular weight is 267 g/mol. The van der Waals surface area contributed by atoms with Gasteiger partial charge in [-0.05, 0) is 20.8 Å². The van der Waals surface area contributed by atoms with Crippen molar-refractivity contribution in [2.24, 2.45) is 5.41 Å². The molecular weight excluding hydrogens is 250 g/mol. The van der Waals surface area contributed by atoms with Gasteiger partial charge in [0.15, 0.2) is 0 Å². The van der Waals surface area contributed by atoms with Gasteiger partial charge in [0.2, 0.25) is 0 Å². The number of aryl methyl sites for hydroxylation is 2. The van der Waals surface area contributed by atoms with Gasteiger partial charge in [-0.3, -0.25) is 14.7 Å². The Balaban J connectivity index is 2.18. The number of aromatic nitrogens is 2. The summed E-state index contributed by atoms with van der Waals surface area (Å²) in [7, 11) is 0. The largest absolute Gasteiger partial charge is 0.481 e. The summed E-state index contributed by atoms with van der Waals surface area (Å²) in [5, 5.41) is 18.7. The number of hydrogen-bond acceptors (Lipinski definition) is 4. The van der Waals surface area contributed by atoms with Crippen molar-refractivity contribution in [2.75, 3.05) is 13.2 Å². The Bertz CT molecular complexity index is 506. The zero-order valence-electron chi connectivity index (χ0n) is 11.1. The molecule has 1 aliphatic heterocycles. The number of hydrogen-bond donors (Lipinski definition) is 3. The lowest BCUT2D eigenvalue weighted by Crippen LogP contribution is -2.49. The molecule has 7 heteroatoms. The van der Waals surface area contributed by atoms with Gasteiger partial charge in [-0.15, -0.1) is 0 Å². The molecule has 2 heterocycles. The van der Waals surface area contributed by atoms with E-state index in [9.17, 15) is 14.7 Å². The van der Waals surface area contributed by atoms with Crippen molar-refractivity contribution in [1.29, 1.82) is 0 Å². The summed E-state index contributed by atoms with van der Waals surface area (Å²) in [5.41, 5.74) is 0.609. The smallest absolute Gasteiger partial charge is 0.313 e. The van der Waals surface area contributed by atoms with Gasteiger partial charge in [0, 0.05) is 5.69 Å². The van der Waals surface area contributed by atoms with Gasteiger partial charge in [-0.1, -0.05) is 0 Å². The van der Waals surface area contributed by atoms with E-state index in [0.717, 1.165) is 0 Å². The Morgan fingerprint density at radius 2 is 2.21 bits per heavy atom. The van der Waals surface area contributed by atoms with Crippen LogP contribution in [0.25, 0.3) is 0 Å². The number of ether oxygens (including phenoxy) is 1. The summed E-state index contributed by atoms with van der Waals surface area (Å²) in [4.78, 5) is 23.5. The number of nitrogens with one attached hydrogen (secondary N) is 2. The van der Waals surface area contributed by atoms with Crippen LogP contribution in [0.1, 0.15) is 28.7 Å². The van der Waals surface area contributed by atoms with E-state index in [1.165, 1.54) is 0 Å². The van der Waals surface area contributed by atoms with Crippen molar-refractivity contribution in [3.05, 3.63) is 17.0 Å². The van der Waals surface area contributed by atoms with Crippen LogP contribution in [0.15, 0.2) is 0 Å². The highest BCUT2D eigenvalue weighted by Gasteiger charge is 2.47. The lowest BCUT2D eigenvalue weighted by atomic mass is 9.85. The molecule has 1 amide bonds. The molecule has 2 rings (SSSR count). The molecule has 1 aromatic rings. The predicted octanol–water partition coefficient (Wildman–Crippen LogP) is 0.246. The van der Waals surface area contributed by atoms with E-state index in [1.807, 2.05) is 0 Å². The fourth-order valence-corrected chi connectivity index (χ4v) is 2.20. The molecule has 1 aromatic heterocycles. The van der Waals surface area contributed by atoms with E-state index in [0.29, 0.717) is 17.0 Å². The number of rotatable bonds is 3. The van der Waals surface area contributed by atoms with Crippen molar-refractivity contribution in [2.45, 2.75) is 26.8 Å². The number of H-pyrrole nitrogens is 1. The number of amides is 1. The second-order valence-electron chi connectivity index (χ2n) is 5.07. The van der Waals surface area contributed by atoms with Crippen LogP contribution in [0, 0.1) is 19.3 Å². The first-order valence-corrected chi connectivity index (χ1v) is 6.00. The Hall–Kier alpha value is -1.89. The minimum atomic E-state index is -1.10. The van der Waals surface area contributed by atoms with Gasteiger partial charge in [0.05, 0.1) is 30.5 Å². The van der Waals surface area contributed by atoms with Crippen LogP contribution >= 0.6 is 0 Å². The van der Waals surface area contributed by atoms with E-state index < -0.39 is 17.4 Å². The molecule has 104 valence electrons. The maximum absolute atomic E-state index is 12.2. The number of carboxylic acid groups (broad SMARTS) is 1. The van der Waals surface area contributed by atoms with E-state index >= 15 is 0 Å². The number of carboxylic acids is 1. The first-order valence-electron chi connectivity index (χ1n) is 6.00. The standard InChI is InChI=1S/C12H17N3O4/c1-6-9(7(2)15-14-6)10(16)13-8-4-19-5-12(8,3)11(17)18/h8H,4-5H2,1-3H3,(H,13,16)(H,14,15)(H,17,18). The third kappa shape index (κ3) is 2.21. The van der Waals surface area contributed by atoms with Gasteiger partial charge in [0.25, 0.3) is 5.91 Å². The van der Waals surface area contributed by atoms with Crippen LogP contribution in [0.5, 0.6) is 0 Å². The summed E-state index contributed by atoms with van der Waals surface area (Å²) >= 11 is 0. The number of carbonyl (C=O) groups is 2. The molecule has 2 atom stereocenters. The summed E-state index contributed by atoms with van der Waals surface area (Å²) in [5.74, 6) is -1.30. The molecule has 0 aromatic carbocycles. The maximum atomic E-state index is 12.2. The molecule has 0 radical (unpaired) electrons. The number of aliphatic carboxylic acids is 1. The van der Waals surface area contributed by atoms with Gasteiger partial charge >= 0.3 is 5.97 Å². The van der Waals surface area contributed by atoms with Crippen LogP contribution in [-0.2, 0) is 9.53 Å². The van der Waals surface area contributed by atoms with Crippen molar-refractivity contribution < 1.29 is 19.4 Å². The van der Waals surface area contributed by atoms with Crippen LogP contribution in [0.2, 0.25) is 0 Å². The number of carbonyl (C=O) groups excluding carboxylic acids is 1. The van der Waals surface area contributed by atoms with Crippen LogP contribution in [0.3, 0.4) is 0 Å². The topological polar surface area (TPSA) is 104 Å². The fourth-order valence-electron chi connectivity index (χ4n) is 2.20. The van der Waals surface area contributed by atoms with Gasteiger partial charge in [-0.2, -0.15) is 5.10 Å². The maximum Gasteiger partial charge on any atom is 0.313 e. The minimum Gasteiger partial charge on any atom is -0.481 e. The lowest BCUT2D eigenvalue weighted by Gasteiger charge is -2.25. The lowest BCUT2D eigenvalue weighted by molar-refractivity contribution is -0.148. The molecule has 2 unspecified atom stereocenters. The highest BCUT2D eigenvalue weighted by Crippen LogP contribution is 2.29. The molecule has 1 fully saturated rings. The number of aromatic amines is 1. The third-order valence-electron chi connectivity index (χ3n) is 3.60. The molecule has 19 heavy (non-hydrogen) atoms. The summed E-state index contributed by atoms with van der Waals surface area (Å²) < 4.78 is 5.19. The number of nitrogens with zero attached hydrogens (tertiary/aromatic N) is 1. The van der Waals surface area contributed by atoms with Crippen molar-refractivity contribution in [3.8, 4) is 0 Å². The fraction of sp³-hybridized carbons (Fsp3) is 0.583. The molecular formula is C12H17N3O4. The van der Waals surface area contributed by atoms with E-state index in [2.05, 4.69) is 15.5 Å². The molecule has 7 nitrogen and oxygen atoms in total. The van der Waals surface area contributed by atoms with E-state index in [4.69, 9.17) is 4.74 Å². The zero-order chi connectivity index (χ0) is 14.2. The Labute approximate surface area is 110 Å². The SMILES string of the molecule is Cc1n[nH]c(C)c1C(=O)NC1COCC1(C)C(=O)O. The zero-order valence-corrected chi connectivity index (χ0v) is 11.1. The Morgan fingerprint density at radius 3 is 2.74 bits per heavy atom. The van der Waals surface area contributed by atoms with Crippen molar-refractivity contribution in [3.63, 3.8) is 0 Å². The van der Waals surface area contributed by atoms with Crippen molar-refractivity contribution in [1.82, 2.24) is 15.5 Å². The van der Waals surface area contributed by atoms with E-state index in [-0.39, 0.29) is 19.1 Å². The van der Waals surface area contributed by atoms with Crippen LogP contribution in [0.4, 0.5) is 0 Å². The molecule has 3 N–H and O–H groups in total. The third-order valence-corrected chi connectivity index (χ3v) is 3.60. The Morgan fingerprint density at radius 1 is 1.53 bits per heavy atom. The van der Waals surface area contributed by atoms with Crippen LogP contribution < -0.4 is 5.32 Å². The molecule has 0 aliphatic carbocycles. The highest BCUT2D eigenvalue weighted by molar-refractivity contribution is 5.97. The molecule has 1 aliphatic rings. The molecule has 0 bridgehead atoms. The first kappa shape index (κ1) is 13.5. The quantitative estimate of drug-likeness (QED) is 0.728. The monoisotopic (exact) mass is 267 g/mol. The van der Waals surface area contributed by atoms with Gasteiger partial charge in [-0.25, -0.2) is 0 Å².